The molecule has 170 valence electrons. The highest BCUT2D eigenvalue weighted by atomic mass is 16.2. The van der Waals surface area contributed by atoms with Crippen molar-refractivity contribution in [3.05, 3.63) is 71.8 Å². The summed E-state index contributed by atoms with van der Waals surface area (Å²) in [6.45, 7) is 4.87. The van der Waals surface area contributed by atoms with Crippen LogP contribution in [0.15, 0.2) is 60.7 Å². The molecule has 3 rings (SSSR count). The number of hydrogen-bond donors (Lipinski definition) is 2. The van der Waals surface area contributed by atoms with Gasteiger partial charge in [0.2, 0.25) is 17.7 Å². The van der Waals surface area contributed by atoms with Gasteiger partial charge in [0.1, 0.15) is 6.04 Å². The molecular formula is C26H33N3O3. The van der Waals surface area contributed by atoms with E-state index >= 15 is 0 Å². The third kappa shape index (κ3) is 5.96. The largest absolute Gasteiger partial charge is 0.370 e. The second-order valence-corrected chi connectivity index (χ2v) is 9.23. The van der Waals surface area contributed by atoms with Crippen LogP contribution in [0.25, 0.3) is 0 Å². The van der Waals surface area contributed by atoms with Gasteiger partial charge in [0.15, 0.2) is 0 Å². The monoisotopic (exact) mass is 435 g/mol. The normalized spacial score (nSPS) is 17.8. The second-order valence-electron chi connectivity index (χ2n) is 9.23. The number of nitrogens with two attached hydrogens (primary N) is 1. The fraction of sp³-hybridized carbons (Fsp3) is 0.423. The molecule has 6 heteroatoms. The van der Waals surface area contributed by atoms with Crippen LogP contribution in [0, 0.1) is 5.41 Å². The smallest absolute Gasteiger partial charge is 0.245 e. The van der Waals surface area contributed by atoms with E-state index in [-0.39, 0.29) is 36.1 Å². The van der Waals surface area contributed by atoms with Gasteiger partial charge in [-0.25, -0.2) is 0 Å². The summed E-state index contributed by atoms with van der Waals surface area (Å²) in [7, 11) is 0. The van der Waals surface area contributed by atoms with Crippen LogP contribution < -0.4 is 11.1 Å². The number of primary amides is 1. The first-order valence-electron chi connectivity index (χ1n) is 11.2. The van der Waals surface area contributed by atoms with Crippen molar-refractivity contribution in [2.75, 3.05) is 6.54 Å². The number of carbonyl (C=O) groups is 3. The standard InChI is InChI=1S/C26H33N3O3/c1-26(2)18-29(24(26)20-13-7-4-8-14-20)25(32)21(16-17-22(27)30)28-23(31)15-9-12-19-10-5-3-6-11-19/h3-8,10-11,13-14,21,24H,9,12,15-18H2,1-2H3,(H2,27,30)(H,28,31). The Morgan fingerprint density at radius 3 is 2.25 bits per heavy atom. The summed E-state index contributed by atoms with van der Waals surface area (Å²) in [6.07, 6.45) is 2.06. The Hall–Kier alpha value is -3.15. The molecule has 0 spiro atoms. The van der Waals surface area contributed by atoms with Crippen LogP contribution in [-0.2, 0) is 20.8 Å². The molecule has 1 aliphatic heterocycles. The zero-order valence-electron chi connectivity index (χ0n) is 18.9. The highest BCUT2D eigenvalue weighted by molar-refractivity contribution is 5.89. The third-order valence-electron chi connectivity index (χ3n) is 6.05. The number of nitrogens with one attached hydrogen (secondary N) is 1. The molecular weight excluding hydrogens is 402 g/mol. The summed E-state index contributed by atoms with van der Waals surface area (Å²) in [5.41, 5.74) is 7.50. The molecule has 1 saturated heterocycles. The molecule has 1 fully saturated rings. The van der Waals surface area contributed by atoms with E-state index in [0.717, 1.165) is 12.0 Å². The Balaban J connectivity index is 1.64. The molecule has 0 aliphatic carbocycles. The minimum atomic E-state index is -0.756. The molecule has 6 nitrogen and oxygen atoms in total. The van der Waals surface area contributed by atoms with Crippen molar-refractivity contribution < 1.29 is 14.4 Å². The van der Waals surface area contributed by atoms with Crippen molar-refractivity contribution in [1.82, 2.24) is 10.2 Å². The maximum absolute atomic E-state index is 13.4. The summed E-state index contributed by atoms with van der Waals surface area (Å²) in [6, 6.07) is 19.1. The van der Waals surface area contributed by atoms with Gasteiger partial charge in [-0.1, -0.05) is 74.5 Å². The van der Waals surface area contributed by atoms with Gasteiger partial charge in [-0.15, -0.1) is 0 Å². The van der Waals surface area contributed by atoms with E-state index < -0.39 is 11.9 Å². The lowest BCUT2D eigenvalue weighted by atomic mass is 9.71. The molecule has 3 N–H and O–H groups in total. The van der Waals surface area contributed by atoms with Gasteiger partial charge >= 0.3 is 0 Å². The van der Waals surface area contributed by atoms with Crippen LogP contribution in [0.4, 0.5) is 0 Å². The van der Waals surface area contributed by atoms with Crippen LogP contribution in [0.1, 0.15) is 56.7 Å². The average Bonchev–Trinajstić information content (AvgIpc) is 2.76. The Labute approximate surface area is 190 Å². The molecule has 0 bridgehead atoms. The minimum Gasteiger partial charge on any atom is -0.370 e. The van der Waals surface area contributed by atoms with Crippen LogP contribution >= 0.6 is 0 Å². The zero-order valence-corrected chi connectivity index (χ0v) is 18.9. The summed E-state index contributed by atoms with van der Waals surface area (Å²) < 4.78 is 0. The Morgan fingerprint density at radius 2 is 1.66 bits per heavy atom. The number of likely N-dealkylation sites (tertiary alicyclic amines) is 1. The van der Waals surface area contributed by atoms with Crippen molar-refractivity contribution >= 4 is 17.7 Å². The lowest BCUT2D eigenvalue weighted by Gasteiger charge is -2.55. The molecule has 0 aromatic heterocycles. The summed E-state index contributed by atoms with van der Waals surface area (Å²) in [4.78, 5) is 39.2. The van der Waals surface area contributed by atoms with E-state index in [1.165, 1.54) is 5.56 Å². The first-order chi connectivity index (χ1) is 15.3. The lowest BCUT2D eigenvalue weighted by molar-refractivity contribution is -0.156. The highest BCUT2D eigenvalue weighted by Crippen LogP contribution is 2.48. The van der Waals surface area contributed by atoms with Crippen molar-refractivity contribution in [1.29, 1.82) is 0 Å². The lowest BCUT2D eigenvalue weighted by Crippen LogP contribution is -2.62. The fourth-order valence-electron chi connectivity index (χ4n) is 4.51. The summed E-state index contributed by atoms with van der Waals surface area (Å²) in [5, 5.41) is 2.87. The Bertz CT molecular complexity index is 928. The van der Waals surface area contributed by atoms with E-state index in [1.54, 1.807) is 0 Å². The molecule has 1 heterocycles. The predicted molar refractivity (Wildman–Crippen MR) is 124 cm³/mol. The van der Waals surface area contributed by atoms with Gasteiger partial charge in [0.25, 0.3) is 0 Å². The minimum absolute atomic E-state index is 0.0495. The molecule has 32 heavy (non-hydrogen) atoms. The zero-order chi connectivity index (χ0) is 23.1. The molecule has 0 radical (unpaired) electrons. The number of nitrogens with zero attached hydrogens (tertiary/aromatic N) is 1. The Morgan fingerprint density at radius 1 is 1.03 bits per heavy atom. The second kappa shape index (κ2) is 10.4. The van der Waals surface area contributed by atoms with Gasteiger partial charge < -0.3 is 16.0 Å². The Kier molecular flexibility index (Phi) is 7.67. The maximum Gasteiger partial charge on any atom is 0.245 e. The van der Waals surface area contributed by atoms with Gasteiger partial charge in [0, 0.05) is 24.8 Å². The first-order valence-corrected chi connectivity index (χ1v) is 11.2. The van der Waals surface area contributed by atoms with Crippen molar-refractivity contribution in [3.63, 3.8) is 0 Å². The molecule has 2 aromatic rings. The summed E-state index contributed by atoms with van der Waals surface area (Å²) in [5.74, 6) is -0.819. The van der Waals surface area contributed by atoms with E-state index in [4.69, 9.17) is 5.73 Å². The van der Waals surface area contributed by atoms with Crippen LogP contribution in [-0.4, -0.2) is 35.2 Å². The molecule has 1 aliphatic rings. The SMILES string of the molecule is CC1(C)CN(C(=O)C(CCC(N)=O)NC(=O)CCCc2ccccc2)C1c1ccccc1. The third-order valence-corrected chi connectivity index (χ3v) is 6.05. The molecule has 3 amide bonds. The van der Waals surface area contributed by atoms with E-state index in [1.807, 2.05) is 65.6 Å². The average molecular weight is 436 g/mol. The number of hydrogen-bond acceptors (Lipinski definition) is 3. The topological polar surface area (TPSA) is 92.5 Å². The van der Waals surface area contributed by atoms with E-state index in [0.29, 0.717) is 19.4 Å². The molecule has 2 atom stereocenters. The van der Waals surface area contributed by atoms with Crippen LogP contribution in [0.2, 0.25) is 0 Å². The number of carbonyl (C=O) groups excluding carboxylic acids is 3. The number of benzene rings is 2. The van der Waals surface area contributed by atoms with Crippen LogP contribution in [0.5, 0.6) is 0 Å². The van der Waals surface area contributed by atoms with Gasteiger partial charge in [-0.2, -0.15) is 0 Å². The number of rotatable bonds is 10. The maximum atomic E-state index is 13.4. The van der Waals surface area contributed by atoms with E-state index in [2.05, 4.69) is 19.2 Å². The number of amides is 3. The quantitative estimate of drug-likeness (QED) is 0.599. The van der Waals surface area contributed by atoms with Gasteiger partial charge in [-0.05, 0) is 30.4 Å². The highest BCUT2D eigenvalue weighted by Gasteiger charge is 2.50. The molecule has 2 unspecified atom stereocenters. The predicted octanol–water partition coefficient (Wildman–Crippen LogP) is 3.37. The van der Waals surface area contributed by atoms with Gasteiger partial charge in [0.05, 0.1) is 6.04 Å². The molecule has 0 saturated carbocycles. The van der Waals surface area contributed by atoms with Crippen molar-refractivity contribution in [3.8, 4) is 0 Å². The fourth-order valence-corrected chi connectivity index (χ4v) is 4.51. The van der Waals surface area contributed by atoms with Crippen LogP contribution in [0.3, 0.4) is 0 Å². The van der Waals surface area contributed by atoms with E-state index in [9.17, 15) is 14.4 Å². The van der Waals surface area contributed by atoms with Crippen molar-refractivity contribution in [2.45, 2.75) is 58.0 Å². The summed E-state index contributed by atoms with van der Waals surface area (Å²) >= 11 is 0. The van der Waals surface area contributed by atoms with Gasteiger partial charge in [-0.3, -0.25) is 14.4 Å². The van der Waals surface area contributed by atoms with Crippen molar-refractivity contribution in [2.24, 2.45) is 11.1 Å². The first kappa shape index (κ1) is 23.5. The molecule has 2 aromatic carbocycles. The number of aryl methyl sites for hydroxylation is 1.